The molecule has 1 saturated carbocycles. The standard InChI is InChI=1S/C27H26N2O3/c30-23-17-22-27(15-16-28-24(27)26(23)13-7-2-8-14-26)20-11-5-6-12-21(20)29(22)25(31)32-18-19-9-3-1-4-10-19/h1-7,9-12,22H,8,13-18H2/t22-,26+,27-/m0/s1. The van der Waals surface area contributed by atoms with Crippen molar-refractivity contribution >= 4 is 23.3 Å². The summed E-state index contributed by atoms with van der Waals surface area (Å²) in [6.45, 7) is 0.910. The zero-order chi connectivity index (χ0) is 21.8. The molecule has 3 atom stereocenters. The smallest absolute Gasteiger partial charge is 0.414 e. The van der Waals surface area contributed by atoms with Gasteiger partial charge in [-0.2, -0.15) is 0 Å². The molecule has 2 aromatic rings. The molecule has 162 valence electrons. The topological polar surface area (TPSA) is 59.0 Å². The summed E-state index contributed by atoms with van der Waals surface area (Å²) in [6, 6.07) is 17.5. The third-order valence-corrected chi connectivity index (χ3v) is 7.86. The van der Waals surface area contributed by atoms with Crippen molar-refractivity contribution in [3.05, 3.63) is 77.9 Å². The number of ketones is 1. The number of nitrogens with zero attached hydrogens (tertiary/aromatic N) is 2. The minimum Gasteiger partial charge on any atom is -0.444 e. The molecule has 32 heavy (non-hydrogen) atoms. The molecule has 0 bridgehead atoms. The van der Waals surface area contributed by atoms with Gasteiger partial charge in [0.2, 0.25) is 0 Å². The van der Waals surface area contributed by atoms with E-state index in [4.69, 9.17) is 9.73 Å². The largest absolute Gasteiger partial charge is 0.444 e. The number of hydrogen-bond acceptors (Lipinski definition) is 4. The predicted octanol–water partition coefficient (Wildman–Crippen LogP) is 4.99. The molecule has 2 aliphatic carbocycles. The molecule has 0 radical (unpaired) electrons. The van der Waals surface area contributed by atoms with Gasteiger partial charge in [-0.3, -0.25) is 14.7 Å². The Bertz CT molecular complexity index is 1150. The van der Waals surface area contributed by atoms with E-state index in [1.54, 1.807) is 4.90 Å². The van der Waals surface area contributed by atoms with Gasteiger partial charge in [-0.1, -0.05) is 60.7 Å². The number of Topliss-reactive ketones (excluding diaryl/α,β-unsaturated/α-hetero) is 1. The number of allylic oxidation sites excluding steroid dienone is 2. The molecule has 0 N–H and O–H groups in total. The van der Waals surface area contributed by atoms with Crippen LogP contribution >= 0.6 is 0 Å². The molecule has 2 spiro atoms. The Morgan fingerprint density at radius 2 is 1.88 bits per heavy atom. The van der Waals surface area contributed by atoms with E-state index >= 15 is 0 Å². The molecule has 5 heteroatoms. The second-order valence-corrected chi connectivity index (χ2v) is 9.32. The van der Waals surface area contributed by atoms with Crippen LogP contribution in [-0.2, 0) is 21.6 Å². The van der Waals surface area contributed by atoms with Crippen molar-refractivity contribution in [2.45, 2.75) is 50.2 Å². The Morgan fingerprint density at radius 1 is 1.06 bits per heavy atom. The average molecular weight is 427 g/mol. The molecule has 0 saturated heterocycles. The Labute approximate surface area is 187 Å². The van der Waals surface area contributed by atoms with Crippen LogP contribution in [0.2, 0.25) is 0 Å². The first-order chi connectivity index (χ1) is 15.7. The van der Waals surface area contributed by atoms with Gasteiger partial charge in [0.1, 0.15) is 12.4 Å². The minimum atomic E-state index is -0.515. The van der Waals surface area contributed by atoms with E-state index in [9.17, 15) is 9.59 Å². The molecule has 2 heterocycles. The van der Waals surface area contributed by atoms with Crippen LogP contribution in [0.25, 0.3) is 0 Å². The summed E-state index contributed by atoms with van der Waals surface area (Å²) in [5.41, 5.74) is 3.04. The van der Waals surface area contributed by atoms with Crippen LogP contribution in [0, 0.1) is 5.41 Å². The van der Waals surface area contributed by atoms with E-state index in [2.05, 4.69) is 18.2 Å². The van der Waals surface area contributed by atoms with Gasteiger partial charge in [-0.15, -0.1) is 0 Å². The van der Waals surface area contributed by atoms with Gasteiger partial charge in [0, 0.05) is 18.7 Å². The molecule has 0 unspecified atom stereocenters. The van der Waals surface area contributed by atoms with E-state index < -0.39 is 5.41 Å². The lowest BCUT2D eigenvalue weighted by Crippen LogP contribution is -2.62. The second kappa shape index (κ2) is 7.16. The number of anilines is 1. The first kappa shape index (κ1) is 19.5. The summed E-state index contributed by atoms with van der Waals surface area (Å²) in [5, 5.41) is 0. The highest BCUT2D eigenvalue weighted by Crippen LogP contribution is 2.60. The summed E-state index contributed by atoms with van der Waals surface area (Å²) in [5.74, 6) is 0.219. The van der Waals surface area contributed by atoms with E-state index in [0.29, 0.717) is 13.0 Å². The fourth-order valence-electron chi connectivity index (χ4n) is 6.48. The fourth-order valence-corrected chi connectivity index (χ4v) is 6.48. The monoisotopic (exact) mass is 426 g/mol. The summed E-state index contributed by atoms with van der Waals surface area (Å²) >= 11 is 0. The average Bonchev–Trinajstić information content (AvgIpc) is 3.40. The van der Waals surface area contributed by atoms with Crippen molar-refractivity contribution in [2.24, 2.45) is 10.4 Å². The molecular formula is C27H26N2O3. The van der Waals surface area contributed by atoms with Crippen LogP contribution in [0.15, 0.2) is 71.7 Å². The SMILES string of the molecule is O=C(OCc1ccccc1)N1c2ccccc2[C@]23CCN=C2[C@@]2(CC=CCC2)C(=O)C[C@H]13. The van der Waals surface area contributed by atoms with Gasteiger partial charge in [-0.25, -0.2) is 4.79 Å². The molecule has 1 fully saturated rings. The summed E-state index contributed by atoms with van der Waals surface area (Å²) in [7, 11) is 0. The highest BCUT2D eigenvalue weighted by Gasteiger charge is 2.67. The van der Waals surface area contributed by atoms with Gasteiger partial charge in [0.25, 0.3) is 0 Å². The Morgan fingerprint density at radius 3 is 2.69 bits per heavy atom. The number of amides is 1. The third kappa shape index (κ3) is 2.54. The normalized spacial score (nSPS) is 30.0. The van der Waals surface area contributed by atoms with Crippen molar-refractivity contribution in [3.8, 4) is 0 Å². The quantitative estimate of drug-likeness (QED) is 0.636. The minimum absolute atomic E-state index is 0.210. The first-order valence-corrected chi connectivity index (χ1v) is 11.5. The van der Waals surface area contributed by atoms with Gasteiger partial charge in [-0.05, 0) is 42.9 Å². The number of aliphatic imine (C=N–C) groups is 1. The van der Waals surface area contributed by atoms with E-state index in [-0.39, 0.29) is 29.9 Å². The number of carbonyl (C=O) groups excluding carboxylic acids is 2. The molecule has 6 rings (SSSR count). The summed E-state index contributed by atoms with van der Waals surface area (Å²) in [6.07, 6.45) is 7.55. The maximum atomic E-state index is 13.7. The third-order valence-electron chi connectivity index (χ3n) is 7.86. The lowest BCUT2D eigenvalue weighted by atomic mass is 9.53. The number of carbonyl (C=O) groups is 2. The Kier molecular flexibility index (Phi) is 4.36. The highest BCUT2D eigenvalue weighted by atomic mass is 16.6. The summed E-state index contributed by atoms with van der Waals surface area (Å²) < 4.78 is 5.76. The zero-order valence-electron chi connectivity index (χ0n) is 18.0. The molecule has 4 aliphatic rings. The number of hydrogen-bond donors (Lipinski definition) is 0. The number of rotatable bonds is 2. The number of ether oxygens (including phenoxy) is 1. The fraction of sp³-hybridized carbons (Fsp3) is 0.370. The molecule has 2 aromatic carbocycles. The van der Waals surface area contributed by atoms with Crippen molar-refractivity contribution < 1.29 is 14.3 Å². The van der Waals surface area contributed by atoms with E-state index in [1.807, 2.05) is 48.5 Å². The second-order valence-electron chi connectivity index (χ2n) is 9.32. The van der Waals surface area contributed by atoms with Crippen LogP contribution in [0.4, 0.5) is 10.5 Å². The van der Waals surface area contributed by atoms with E-state index in [0.717, 1.165) is 48.2 Å². The number of fused-ring (bicyclic) bond motifs is 2. The van der Waals surface area contributed by atoms with Gasteiger partial charge >= 0.3 is 6.09 Å². The van der Waals surface area contributed by atoms with Crippen LogP contribution in [-0.4, -0.2) is 30.2 Å². The first-order valence-electron chi connectivity index (χ1n) is 11.5. The zero-order valence-corrected chi connectivity index (χ0v) is 18.0. The maximum Gasteiger partial charge on any atom is 0.414 e. The number of para-hydroxylation sites is 1. The molecule has 5 nitrogen and oxygen atoms in total. The maximum absolute atomic E-state index is 13.7. The Balaban J connectivity index is 1.41. The van der Waals surface area contributed by atoms with Gasteiger partial charge in [0.15, 0.2) is 0 Å². The van der Waals surface area contributed by atoms with Crippen molar-refractivity contribution in [1.82, 2.24) is 0 Å². The van der Waals surface area contributed by atoms with Crippen LogP contribution in [0.3, 0.4) is 0 Å². The summed E-state index contributed by atoms with van der Waals surface area (Å²) in [4.78, 5) is 33.8. The number of benzene rings is 2. The van der Waals surface area contributed by atoms with Crippen molar-refractivity contribution in [1.29, 1.82) is 0 Å². The van der Waals surface area contributed by atoms with Crippen LogP contribution in [0.5, 0.6) is 0 Å². The molecular weight excluding hydrogens is 400 g/mol. The lowest BCUT2D eigenvalue weighted by molar-refractivity contribution is -0.127. The lowest BCUT2D eigenvalue weighted by Gasteiger charge is -2.49. The van der Waals surface area contributed by atoms with Gasteiger partial charge in [0.05, 0.1) is 22.6 Å². The molecule has 0 aromatic heterocycles. The Hall–Kier alpha value is -3.21. The van der Waals surface area contributed by atoms with Gasteiger partial charge < -0.3 is 4.74 Å². The predicted molar refractivity (Wildman–Crippen MR) is 123 cm³/mol. The highest BCUT2D eigenvalue weighted by molar-refractivity contribution is 6.21. The van der Waals surface area contributed by atoms with Crippen molar-refractivity contribution in [3.63, 3.8) is 0 Å². The van der Waals surface area contributed by atoms with E-state index in [1.165, 1.54) is 0 Å². The van der Waals surface area contributed by atoms with Crippen LogP contribution < -0.4 is 4.90 Å². The molecule has 1 amide bonds. The molecule has 2 aliphatic heterocycles. The van der Waals surface area contributed by atoms with Crippen molar-refractivity contribution in [2.75, 3.05) is 11.4 Å². The van der Waals surface area contributed by atoms with Crippen LogP contribution in [0.1, 0.15) is 43.2 Å².